The van der Waals surface area contributed by atoms with Crippen molar-refractivity contribution >= 4 is 11.0 Å². The van der Waals surface area contributed by atoms with Crippen molar-refractivity contribution in [3.63, 3.8) is 0 Å². The van der Waals surface area contributed by atoms with Crippen LogP contribution in [0.3, 0.4) is 0 Å². The fourth-order valence-corrected chi connectivity index (χ4v) is 24.8. The molecule has 30 heavy (non-hydrogen) atoms. The average Bonchev–Trinajstić information content (AvgIpc) is 3.16. The second-order valence-electron chi connectivity index (χ2n) is 8.72. The van der Waals surface area contributed by atoms with Gasteiger partial charge in [0, 0.05) is 0 Å². The molecule has 0 nitrogen and oxygen atoms in total. The van der Waals surface area contributed by atoms with Crippen LogP contribution in [-0.2, 0) is 20.4 Å². The van der Waals surface area contributed by atoms with Gasteiger partial charge in [-0.05, 0) is 0 Å². The van der Waals surface area contributed by atoms with E-state index in [2.05, 4.69) is 59.0 Å². The molecule has 0 heterocycles. The molecule has 0 aliphatic heterocycles. The van der Waals surface area contributed by atoms with E-state index < -0.39 is 37.4 Å². The van der Waals surface area contributed by atoms with E-state index in [4.69, 9.17) is 0 Å². The Morgan fingerprint density at radius 1 is 0.867 bits per heavy atom. The maximum absolute atomic E-state index is 14.7. The van der Waals surface area contributed by atoms with Crippen LogP contribution in [0.25, 0.3) is 5.57 Å². The summed E-state index contributed by atoms with van der Waals surface area (Å²) in [4.78, 5) is 0. The van der Waals surface area contributed by atoms with E-state index >= 15 is 0 Å². The van der Waals surface area contributed by atoms with Crippen LogP contribution in [0.4, 0.5) is 8.78 Å². The predicted molar refractivity (Wildman–Crippen MR) is 120 cm³/mol. The van der Waals surface area contributed by atoms with Gasteiger partial charge < -0.3 is 0 Å². The summed E-state index contributed by atoms with van der Waals surface area (Å²) in [6.45, 7) is 14.1. The molecule has 0 bridgehead atoms. The van der Waals surface area contributed by atoms with Gasteiger partial charge in [0.1, 0.15) is 0 Å². The van der Waals surface area contributed by atoms with Gasteiger partial charge in [-0.3, -0.25) is 0 Å². The minimum atomic E-state index is -2.16. The van der Waals surface area contributed by atoms with E-state index in [0.717, 1.165) is 11.1 Å². The predicted octanol–water partition coefficient (Wildman–Crippen LogP) is 7.58. The summed E-state index contributed by atoms with van der Waals surface area (Å²) >= 11 is -2.16. The van der Waals surface area contributed by atoms with Crippen LogP contribution in [0.5, 0.6) is 0 Å². The minimum absolute atomic E-state index is 0.131. The Morgan fingerprint density at radius 2 is 1.50 bits per heavy atom. The van der Waals surface area contributed by atoms with Gasteiger partial charge in [0.25, 0.3) is 0 Å². The number of hydrogen-bond acceptors (Lipinski definition) is 0. The van der Waals surface area contributed by atoms with E-state index in [9.17, 15) is 8.78 Å². The molecule has 0 N–H and O–H groups in total. The third-order valence-electron chi connectivity index (χ3n) is 6.93. The first-order chi connectivity index (χ1) is 14.2. The van der Waals surface area contributed by atoms with Crippen LogP contribution in [-0.4, -0.2) is 5.43 Å². The van der Waals surface area contributed by atoms with Gasteiger partial charge in [-0.25, -0.2) is 0 Å². The molecule has 0 radical (unpaired) electrons. The number of halogens is 2. The van der Waals surface area contributed by atoms with E-state index in [-0.39, 0.29) is 5.56 Å². The van der Waals surface area contributed by atoms with Crippen molar-refractivity contribution in [2.24, 2.45) is 5.92 Å². The van der Waals surface area contributed by atoms with Crippen LogP contribution in [0, 0.1) is 17.6 Å². The van der Waals surface area contributed by atoms with E-state index in [0.29, 0.717) is 9.54 Å². The normalized spacial score (nSPS) is 20.6. The first-order valence-electron chi connectivity index (χ1n) is 10.6. The van der Waals surface area contributed by atoms with Crippen molar-refractivity contribution < 1.29 is 29.1 Å². The van der Waals surface area contributed by atoms with Crippen LogP contribution in [0.2, 0.25) is 13.1 Å². The summed E-state index contributed by atoms with van der Waals surface area (Å²) in [6.07, 6.45) is 2.23. The summed E-state index contributed by atoms with van der Waals surface area (Å²) in [7, 11) is 0. The molecule has 2 unspecified atom stereocenters. The molecule has 4 rings (SSSR count). The first-order valence-corrected chi connectivity index (χ1v) is 19.4. The molecule has 2 atom stereocenters. The van der Waals surface area contributed by atoms with Crippen molar-refractivity contribution in [3.8, 4) is 0 Å². The molecule has 0 spiro atoms. The monoisotopic (exact) mass is 496 g/mol. The summed E-state index contributed by atoms with van der Waals surface area (Å²) in [6, 6.07) is 12.5. The molecule has 154 valence electrons. The first kappa shape index (κ1) is 21.8. The number of benzene rings is 2. The summed E-state index contributed by atoms with van der Waals surface area (Å²) in [5.74, 6) is -0.439. The summed E-state index contributed by atoms with van der Waals surface area (Å²) < 4.78 is 31.5. The number of rotatable bonds is 3. The fraction of sp³-hybridized carbons (Fsp3) is 0.308. The topological polar surface area (TPSA) is 0 Å². The van der Waals surface area contributed by atoms with Crippen LogP contribution in [0.15, 0.2) is 68.5 Å². The zero-order valence-corrected chi connectivity index (χ0v) is 22.0. The summed E-state index contributed by atoms with van der Waals surface area (Å²) in [5.41, 5.74) is 7.09. The van der Waals surface area contributed by atoms with E-state index in [1.807, 2.05) is 12.1 Å². The van der Waals surface area contributed by atoms with Gasteiger partial charge in [0.05, 0.1) is 0 Å². The van der Waals surface area contributed by atoms with Gasteiger partial charge in [-0.2, -0.15) is 0 Å². The van der Waals surface area contributed by atoms with E-state index in [1.54, 1.807) is 3.28 Å². The van der Waals surface area contributed by atoms with Crippen molar-refractivity contribution in [2.45, 2.75) is 44.4 Å². The van der Waals surface area contributed by atoms with Crippen molar-refractivity contribution in [3.05, 3.63) is 96.9 Å². The van der Waals surface area contributed by atoms with Crippen LogP contribution < -0.4 is 0 Å². The molecular weight excluding hydrogens is 470 g/mol. The third kappa shape index (κ3) is 3.41. The van der Waals surface area contributed by atoms with Crippen molar-refractivity contribution in [2.75, 3.05) is 0 Å². The second kappa shape index (κ2) is 8.28. The molecule has 0 saturated heterocycles. The van der Waals surface area contributed by atoms with Crippen LogP contribution in [0.1, 0.15) is 48.0 Å². The Bertz CT molecular complexity index is 1160. The molecule has 2 aromatic carbocycles. The molecule has 0 aromatic heterocycles. The third-order valence-corrected chi connectivity index (χ3v) is 25.5. The fourth-order valence-electron chi connectivity index (χ4n) is 5.12. The number of fused-ring (bicyclic) bond motifs is 1. The Hall–Kier alpha value is -1.38. The molecule has 0 amide bonds. The SMILES string of the molecule is CC1=C(C)C(C)[C]([Zr]([CH]2C=C(c3c(F)cccc3F)c3ccccc32)=[Si](C)C)=C1C. The van der Waals surface area contributed by atoms with Gasteiger partial charge >= 0.3 is 187 Å². The molecule has 2 aliphatic rings. The molecule has 2 aromatic rings. The van der Waals surface area contributed by atoms with Crippen molar-refractivity contribution in [1.29, 1.82) is 0 Å². The Kier molecular flexibility index (Phi) is 6.03. The molecule has 2 aliphatic carbocycles. The Balaban J connectivity index is 1.95. The van der Waals surface area contributed by atoms with Crippen molar-refractivity contribution in [1.82, 2.24) is 0 Å². The molecular formula is C26H28F2SiZr. The zero-order valence-electron chi connectivity index (χ0n) is 18.5. The Labute approximate surface area is 186 Å². The van der Waals surface area contributed by atoms with Crippen LogP contribution >= 0.6 is 0 Å². The van der Waals surface area contributed by atoms with Gasteiger partial charge in [-0.15, -0.1) is 0 Å². The number of hydrogen-bond donors (Lipinski definition) is 0. The van der Waals surface area contributed by atoms with E-state index in [1.165, 1.54) is 40.5 Å². The average molecular weight is 498 g/mol. The molecule has 0 saturated carbocycles. The maximum atomic E-state index is 14.7. The van der Waals surface area contributed by atoms with Gasteiger partial charge in [0.15, 0.2) is 0 Å². The van der Waals surface area contributed by atoms with Gasteiger partial charge in [0.2, 0.25) is 0 Å². The number of allylic oxidation sites excluding steroid dienone is 5. The summed E-state index contributed by atoms with van der Waals surface area (Å²) in [5, 5.41) is 0. The zero-order chi connectivity index (χ0) is 21.7. The van der Waals surface area contributed by atoms with Gasteiger partial charge in [-0.1, -0.05) is 0 Å². The molecule has 4 heteroatoms. The Morgan fingerprint density at radius 3 is 2.07 bits per heavy atom. The standard InChI is InChI=1S/C15H9F2.C9H13.C2H6Si.Zr/c16-13-6-3-7-14(17)15(13)12-9-8-10-4-1-2-5-11(10)12;1-6-5-7(2)9(4)8(6)3;1-3-2;/h1-9H;6H,1-4H3;1-2H3;. The molecule has 0 fully saturated rings. The quantitative estimate of drug-likeness (QED) is 0.383. The second-order valence-corrected chi connectivity index (χ2v) is 26.2.